The van der Waals surface area contributed by atoms with Gasteiger partial charge in [-0.05, 0) is 6.07 Å². The predicted octanol–water partition coefficient (Wildman–Crippen LogP) is 2.54. The molecule has 0 spiro atoms. The Bertz CT molecular complexity index is 950. The van der Waals surface area contributed by atoms with Crippen molar-refractivity contribution in [3.8, 4) is 6.01 Å². The van der Waals surface area contributed by atoms with E-state index in [2.05, 4.69) is 36.1 Å². The van der Waals surface area contributed by atoms with E-state index in [-0.39, 0.29) is 6.01 Å². The van der Waals surface area contributed by atoms with Gasteiger partial charge < -0.3 is 20.2 Å². The van der Waals surface area contributed by atoms with Gasteiger partial charge in [-0.3, -0.25) is 4.90 Å². The zero-order chi connectivity index (χ0) is 19.2. The Labute approximate surface area is 162 Å². The van der Waals surface area contributed by atoms with E-state index in [1.165, 1.54) is 0 Å². The van der Waals surface area contributed by atoms with Crippen LogP contribution < -0.4 is 10.5 Å². The van der Waals surface area contributed by atoms with Gasteiger partial charge in [-0.2, -0.15) is 15.1 Å². The number of nitrogen functional groups attached to an aromatic ring is 1. The average Bonchev–Trinajstić information content (AvgIpc) is 3.12. The fourth-order valence-corrected chi connectivity index (χ4v) is 3.08. The number of nitrogens with one attached hydrogen (secondary N) is 1. The van der Waals surface area contributed by atoms with Gasteiger partial charge in [0.1, 0.15) is 12.4 Å². The first kappa shape index (κ1) is 18.3. The first-order valence-electron chi connectivity index (χ1n) is 9.28. The van der Waals surface area contributed by atoms with E-state index in [1.807, 2.05) is 24.4 Å². The highest BCUT2D eigenvalue weighted by Crippen LogP contribution is 2.20. The summed E-state index contributed by atoms with van der Waals surface area (Å²) in [7, 11) is 0. The van der Waals surface area contributed by atoms with Crippen LogP contribution in [0.2, 0.25) is 0 Å². The van der Waals surface area contributed by atoms with Crippen molar-refractivity contribution >= 4 is 22.5 Å². The van der Waals surface area contributed by atoms with Crippen molar-refractivity contribution in [2.75, 3.05) is 45.2 Å². The molecule has 0 atom stereocenters. The largest absolute Gasteiger partial charge is 0.462 e. The number of ether oxygens (including phenoxy) is 2. The molecule has 1 aliphatic rings. The summed E-state index contributed by atoms with van der Waals surface area (Å²) >= 11 is 0. The highest BCUT2D eigenvalue weighted by molar-refractivity contribution is 5.82. The monoisotopic (exact) mass is 381 g/mol. The molecule has 9 heteroatoms. The van der Waals surface area contributed by atoms with Gasteiger partial charge in [0.25, 0.3) is 0 Å². The summed E-state index contributed by atoms with van der Waals surface area (Å²) in [5, 5.41) is 9.57. The molecule has 1 aromatic carbocycles. The van der Waals surface area contributed by atoms with Crippen molar-refractivity contribution in [2.45, 2.75) is 6.54 Å². The molecular formula is C19H23N7O2. The van der Waals surface area contributed by atoms with E-state index in [0.717, 1.165) is 49.3 Å². The molecule has 4 rings (SSSR count). The van der Waals surface area contributed by atoms with Gasteiger partial charge in [0.15, 0.2) is 5.82 Å². The number of morpholine rings is 1. The lowest BCUT2D eigenvalue weighted by atomic mass is 10.2. The number of para-hydroxylation sites is 1. The van der Waals surface area contributed by atoms with Crippen molar-refractivity contribution in [3.05, 3.63) is 42.1 Å². The smallest absolute Gasteiger partial charge is 0.320 e. The molecule has 0 aliphatic carbocycles. The Morgan fingerprint density at radius 3 is 2.96 bits per heavy atom. The van der Waals surface area contributed by atoms with Gasteiger partial charge in [-0.1, -0.05) is 18.2 Å². The van der Waals surface area contributed by atoms with E-state index < -0.39 is 0 Å². The highest BCUT2D eigenvalue weighted by atomic mass is 16.5. The standard InChI is InChI=1S/C19H23N7O2/c20-17-11-18(24-19(23-17)28-10-7-26-5-8-27-9-6-26)25-22-13-14-12-21-16-4-2-1-3-15(14)16/h1-4,11-12,21H,5-10,13H2,(H2,20,23,24). The molecule has 0 radical (unpaired) electrons. The first-order chi connectivity index (χ1) is 13.8. The number of hydrogen-bond acceptors (Lipinski definition) is 8. The van der Waals surface area contributed by atoms with Crippen molar-refractivity contribution in [2.24, 2.45) is 10.2 Å². The maximum Gasteiger partial charge on any atom is 0.320 e. The fourth-order valence-electron chi connectivity index (χ4n) is 3.08. The normalized spacial score (nSPS) is 15.4. The van der Waals surface area contributed by atoms with Gasteiger partial charge in [0.05, 0.1) is 19.8 Å². The third kappa shape index (κ3) is 4.62. The number of azo groups is 1. The van der Waals surface area contributed by atoms with Crippen LogP contribution in [0, 0.1) is 0 Å². The van der Waals surface area contributed by atoms with E-state index in [4.69, 9.17) is 15.2 Å². The van der Waals surface area contributed by atoms with Crippen molar-refractivity contribution < 1.29 is 9.47 Å². The zero-order valence-corrected chi connectivity index (χ0v) is 15.5. The third-order valence-corrected chi connectivity index (χ3v) is 4.54. The number of benzene rings is 1. The average molecular weight is 381 g/mol. The molecule has 3 N–H and O–H groups in total. The van der Waals surface area contributed by atoms with Gasteiger partial charge in [-0.25, -0.2) is 0 Å². The van der Waals surface area contributed by atoms with Crippen LogP contribution in [0.15, 0.2) is 46.8 Å². The highest BCUT2D eigenvalue weighted by Gasteiger charge is 2.11. The van der Waals surface area contributed by atoms with Crippen LogP contribution in [-0.4, -0.2) is 59.3 Å². The number of rotatable bonds is 7. The van der Waals surface area contributed by atoms with Gasteiger partial charge in [-0.15, -0.1) is 5.11 Å². The molecule has 9 nitrogen and oxygen atoms in total. The fraction of sp³-hybridized carbons (Fsp3) is 0.368. The summed E-state index contributed by atoms with van der Waals surface area (Å²) in [5.74, 6) is 0.686. The van der Waals surface area contributed by atoms with Gasteiger partial charge in [0.2, 0.25) is 0 Å². The lowest BCUT2D eigenvalue weighted by Gasteiger charge is -2.26. The van der Waals surface area contributed by atoms with Crippen LogP contribution in [0.5, 0.6) is 6.01 Å². The Kier molecular flexibility index (Phi) is 5.74. The van der Waals surface area contributed by atoms with Crippen LogP contribution >= 0.6 is 0 Å². The van der Waals surface area contributed by atoms with Crippen molar-refractivity contribution in [1.82, 2.24) is 19.9 Å². The minimum Gasteiger partial charge on any atom is -0.462 e. The summed E-state index contributed by atoms with van der Waals surface area (Å²) in [6.07, 6.45) is 1.94. The van der Waals surface area contributed by atoms with Gasteiger partial charge in [0, 0.05) is 48.4 Å². The SMILES string of the molecule is Nc1cc(N=NCc2c[nH]c3ccccc23)nc(OCCN2CCOCC2)n1. The van der Waals surface area contributed by atoms with Crippen molar-refractivity contribution in [1.29, 1.82) is 0 Å². The molecule has 1 saturated heterocycles. The van der Waals surface area contributed by atoms with Gasteiger partial charge >= 0.3 is 6.01 Å². The summed E-state index contributed by atoms with van der Waals surface area (Å²) in [5.41, 5.74) is 8.00. The van der Waals surface area contributed by atoms with Crippen molar-refractivity contribution in [3.63, 3.8) is 0 Å². The number of anilines is 1. The molecule has 146 valence electrons. The quantitative estimate of drug-likeness (QED) is 0.608. The lowest BCUT2D eigenvalue weighted by Crippen LogP contribution is -2.38. The maximum atomic E-state index is 5.85. The van der Waals surface area contributed by atoms with E-state index >= 15 is 0 Å². The Hall–Kier alpha value is -3.04. The lowest BCUT2D eigenvalue weighted by molar-refractivity contribution is 0.0317. The second-order valence-electron chi connectivity index (χ2n) is 6.50. The Balaban J connectivity index is 1.35. The topological polar surface area (TPSA) is 114 Å². The van der Waals surface area contributed by atoms with Crippen LogP contribution in [-0.2, 0) is 11.3 Å². The molecule has 0 bridgehead atoms. The predicted molar refractivity (Wildman–Crippen MR) is 106 cm³/mol. The molecule has 2 aromatic heterocycles. The summed E-state index contributed by atoms with van der Waals surface area (Å²) in [6.45, 7) is 5.06. The minimum atomic E-state index is 0.217. The summed E-state index contributed by atoms with van der Waals surface area (Å²) < 4.78 is 11.0. The van der Waals surface area contributed by atoms with Crippen LogP contribution in [0.4, 0.5) is 11.6 Å². The minimum absolute atomic E-state index is 0.217. The van der Waals surface area contributed by atoms with E-state index in [0.29, 0.717) is 24.8 Å². The Morgan fingerprint density at radius 2 is 2.07 bits per heavy atom. The molecular weight excluding hydrogens is 358 g/mol. The van der Waals surface area contributed by atoms with Crippen LogP contribution in [0.1, 0.15) is 5.56 Å². The molecule has 3 aromatic rings. The maximum absolute atomic E-state index is 5.85. The third-order valence-electron chi connectivity index (χ3n) is 4.54. The zero-order valence-electron chi connectivity index (χ0n) is 15.5. The molecule has 3 heterocycles. The number of H-pyrrole nitrogens is 1. The molecule has 0 unspecified atom stereocenters. The molecule has 1 aliphatic heterocycles. The number of nitrogens with two attached hydrogens (primary N) is 1. The Morgan fingerprint density at radius 1 is 1.21 bits per heavy atom. The summed E-state index contributed by atoms with van der Waals surface area (Å²) in [6, 6.07) is 9.88. The van der Waals surface area contributed by atoms with Crippen LogP contribution in [0.3, 0.4) is 0 Å². The number of nitrogens with zero attached hydrogens (tertiary/aromatic N) is 5. The van der Waals surface area contributed by atoms with Crippen LogP contribution in [0.25, 0.3) is 10.9 Å². The number of aromatic nitrogens is 3. The summed E-state index contributed by atoms with van der Waals surface area (Å²) in [4.78, 5) is 13.9. The van der Waals surface area contributed by atoms with E-state index in [1.54, 1.807) is 6.07 Å². The first-order valence-corrected chi connectivity index (χ1v) is 9.28. The number of aromatic amines is 1. The molecule has 0 amide bonds. The number of fused-ring (bicyclic) bond motifs is 1. The molecule has 1 fully saturated rings. The molecule has 0 saturated carbocycles. The second-order valence-corrected chi connectivity index (χ2v) is 6.50. The molecule has 28 heavy (non-hydrogen) atoms. The van der Waals surface area contributed by atoms with E-state index in [9.17, 15) is 0 Å². The number of hydrogen-bond donors (Lipinski definition) is 2. The second kappa shape index (κ2) is 8.77.